The molecule has 1 heterocycles. The Kier molecular flexibility index (Phi) is 6.17. The molecule has 0 unspecified atom stereocenters. The molecule has 3 aromatic rings. The van der Waals surface area contributed by atoms with Crippen molar-refractivity contribution in [3.8, 4) is 17.2 Å². The second-order valence-electron chi connectivity index (χ2n) is 6.04. The number of halogens is 1. The van der Waals surface area contributed by atoms with Gasteiger partial charge in [0.05, 0.1) is 17.6 Å². The van der Waals surface area contributed by atoms with E-state index in [1.165, 1.54) is 43.5 Å². The number of esters is 1. The zero-order valence-corrected chi connectivity index (χ0v) is 16.9. The van der Waals surface area contributed by atoms with Crippen molar-refractivity contribution in [2.45, 2.75) is 20.0 Å². The Morgan fingerprint density at radius 2 is 1.90 bits per heavy atom. The Morgan fingerprint density at radius 3 is 2.53 bits per heavy atom. The summed E-state index contributed by atoms with van der Waals surface area (Å²) >= 11 is 5.81. The van der Waals surface area contributed by atoms with Crippen LogP contribution in [0.15, 0.2) is 40.8 Å². The Labute approximate surface area is 175 Å². The van der Waals surface area contributed by atoms with Crippen LogP contribution >= 0.6 is 11.6 Å². The lowest BCUT2D eigenvalue weighted by Crippen LogP contribution is -2.10. The number of hydrogen-bond donors (Lipinski definition) is 0. The molecular weight excluding hydrogens is 418 g/mol. The van der Waals surface area contributed by atoms with Crippen LogP contribution in [0, 0.1) is 17.0 Å². The highest BCUT2D eigenvalue weighted by Gasteiger charge is 2.22. The number of rotatable bonds is 7. The fourth-order valence-corrected chi connectivity index (χ4v) is 2.64. The first-order valence-electron chi connectivity index (χ1n) is 8.59. The summed E-state index contributed by atoms with van der Waals surface area (Å²) in [5.74, 6) is 0.185. The van der Waals surface area contributed by atoms with Gasteiger partial charge in [-0.2, -0.15) is 0 Å². The summed E-state index contributed by atoms with van der Waals surface area (Å²) in [5.41, 5.74) is -0.135. The van der Waals surface area contributed by atoms with Crippen molar-refractivity contribution >= 4 is 23.3 Å². The number of aromatic nitrogens is 2. The molecule has 1 atom stereocenters. The van der Waals surface area contributed by atoms with Crippen molar-refractivity contribution < 1.29 is 28.3 Å². The average molecular weight is 434 g/mol. The molecule has 0 spiro atoms. The van der Waals surface area contributed by atoms with Crippen molar-refractivity contribution in [1.82, 2.24) is 10.2 Å². The molecular formula is C19H16ClN3O7. The third kappa shape index (κ3) is 4.66. The predicted octanol–water partition coefficient (Wildman–Crippen LogP) is 4.66. The van der Waals surface area contributed by atoms with Gasteiger partial charge in [-0.15, -0.1) is 10.2 Å². The maximum absolute atomic E-state index is 12.4. The van der Waals surface area contributed by atoms with Gasteiger partial charge in [0.25, 0.3) is 5.89 Å². The normalized spacial score (nSPS) is 11.6. The first-order chi connectivity index (χ1) is 14.3. The van der Waals surface area contributed by atoms with Gasteiger partial charge in [-0.3, -0.25) is 10.1 Å². The summed E-state index contributed by atoms with van der Waals surface area (Å²) in [6, 6.07) is 8.28. The first-order valence-corrected chi connectivity index (χ1v) is 8.97. The molecule has 1 aromatic heterocycles. The lowest BCUT2D eigenvalue weighted by Gasteiger charge is -2.13. The number of ether oxygens (including phenoxy) is 3. The fraction of sp³-hybridized carbons (Fsp3) is 0.211. The second-order valence-corrected chi connectivity index (χ2v) is 6.48. The SMILES string of the molecule is COc1cc(C(=O)O[C@H](C)c2nnc(C)o2)ccc1Oc1ccc(Cl)cc1[N+](=O)[O-]. The molecule has 156 valence electrons. The van der Waals surface area contributed by atoms with Crippen LogP contribution in [0.2, 0.25) is 5.02 Å². The molecule has 0 saturated heterocycles. The van der Waals surface area contributed by atoms with Gasteiger partial charge in [0, 0.05) is 18.0 Å². The van der Waals surface area contributed by atoms with E-state index >= 15 is 0 Å². The van der Waals surface area contributed by atoms with Crippen molar-refractivity contribution in [2.24, 2.45) is 0 Å². The van der Waals surface area contributed by atoms with Gasteiger partial charge in [0.1, 0.15) is 0 Å². The third-order valence-electron chi connectivity index (χ3n) is 3.91. The minimum atomic E-state index is -0.752. The smallest absolute Gasteiger partial charge is 0.339 e. The molecule has 0 radical (unpaired) electrons. The number of hydrogen-bond acceptors (Lipinski definition) is 9. The highest BCUT2D eigenvalue weighted by atomic mass is 35.5. The van der Waals surface area contributed by atoms with Gasteiger partial charge in [-0.1, -0.05) is 11.6 Å². The van der Waals surface area contributed by atoms with Crippen LogP contribution in [-0.2, 0) is 4.74 Å². The molecule has 0 saturated carbocycles. The van der Waals surface area contributed by atoms with E-state index in [2.05, 4.69) is 10.2 Å². The largest absolute Gasteiger partial charge is 0.493 e. The summed E-state index contributed by atoms with van der Waals surface area (Å²) in [4.78, 5) is 23.1. The molecule has 10 nitrogen and oxygen atoms in total. The van der Waals surface area contributed by atoms with Crippen LogP contribution < -0.4 is 9.47 Å². The lowest BCUT2D eigenvalue weighted by atomic mass is 10.2. The maximum atomic E-state index is 12.4. The van der Waals surface area contributed by atoms with E-state index in [9.17, 15) is 14.9 Å². The Morgan fingerprint density at radius 1 is 1.17 bits per heavy atom. The molecule has 11 heteroatoms. The van der Waals surface area contributed by atoms with Crippen molar-refractivity contribution in [1.29, 1.82) is 0 Å². The van der Waals surface area contributed by atoms with Gasteiger partial charge in [0.2, 0.25) is 11.6 Å². The van der Waals surface area contributed by atoms with E-state index in [0.29, 0.717) is 5.89 Å². The number of nitrogens with zero attached hydrogens (tertiary/aromatic N) is 3. The monoisotopic (exact) mass is 433 g/mol. The van der Waals surface area contributed by atoms with E-state index in [1.54, 1.807) is 13.8 Å². The number of nitro groups is 1. The Hall–Kier alpha value is -3.66. The zero-order chi connectivity index (χ0) is 21.8. The molecule has 0 fully saturated rings. The van der Waals surface area contributed by atoms with Crippen LogP contribution in [0.25, 0.3) is 0 Å². The first kappa shape index (κ1) is 21.1. The number of carbonyl (C=O) groups excluding carboxylic acids is 1. The number of methoxy groups -OCH3 is 1. The molecule has 30 heavy (non-hydrogen) atoms. The van der Waals surface area contributed by atoms with Crippen LogP contribution in [0.3, 0.4) is 0 Å². The van der Waals surface area contributed by atoms with Crippen molar-refractivity contribution in [3.63, 3.8) is 0 Å². The molecule has 0 N–H and O–H groups in total. The molecule has 0 aliphatic heterocycles. The zero-order valence-electron chi connectivity index (χ0n) is 16.1. The molecule has 0 amide bonds. The minimum absolute atomic E-state index is 0.0292. The Bertz CT molecular complexity index is 1100. The predicted molar refractivity (Wildman–Crippen MR) is 104 cm³/mol. The number of carbonyl (C=O) groups is 1. The molecule has 0 bridgehead atoms. The second kappa shape index (κ2) is 8.78. The number of nitro benzene ring substituents is 1. The van der Waals surface area contributed by atoms with E-state index in [-0.39, 0.29) is 39.4 Å². The standard InChI is InChI=1S/C19H16ClN3O7/c1-10(18-22-21-11(2)29-18)28-19(24)12-4-6-16(17(8-12)27-3)30-15-7-5-13(20)9-14(15)23(25)26/h4-10H,1-3H3/t10-/m1/s1. The highest BCUT2D eigenvalue weighted by molar-refractivity contribution is 6.30. The average Bonchev–Trinajstić information content (AvgIpc) is 3.15. The van der Waals surface area contributed by atoms with E-state index < -0.39 is 17.0 Å². The molecule has 2 aromatic carbocycles. The van der Waals surface area contributed by atoms with Crippen LogP contribution in [-0.4, -0.2) is 28.2 Å². The Balaban J connectivity index is 1.81. The topological polar surface area (TPSA) is 127 Å². The van der Waals surface area contributed by atoms with E-state index in [0.717, 1.165) is 0 Å². The van der Waals surface area contributed by atoms with E-state index in [1.807, 2.05) is 0 Å². The summed E-state index contributed by atoms with van der Waals surface area (Å²) in [5, 5.41) is 18.9. The maximum Gasteiger partial charge on any atom is 0.339 e. The molecule has 0 aliphatic rings. The summed E-state index contributed by atoms with van der Waals surface area (Å²) < 4.78 is 21.4. The van der Waals surface area contributed by atoms with Gasteiger partial charge < -0.3 is 18.6 Å². The highest BCUT2D eigenvalue weighted by Crippen LogP contribution is 2.38. The summed E-state index contributed by atoms with van der Waals surface area (Å²) in [6.07, 6.45) is -0.752. The quantitative estimate of drug-likeness (QED) is 0.297. The van der Waals surface area contributed by atoms with Crippen LogP contribution in [0.5, 0.6) is 17.2 Å². The van der Waals surface area contributed by atoms with Crippen molar-refractivity contribution in [2.75, 3.05) is 7.11 Å². The van der Waals surface area contributed by atoms with Gasteiger partial charge in [-0.25, -0.2) is 4.79 Å². The van der Waals surface area contributed by atoms with Crippen LogP contribution in [0.1, 0.15) is 35.2 Å². The van der Waals surface area contributed by atoms with Gasteiger partial charge >= 0.3 is 11.7 Å². The number of benzene rings is 2. The van der Waals surface area contributed by atoms with Gasteiger partial charge in [-0.05, 0) is 37.3 Å². The minimum Gasteiger partial charge on any atom is -0.493 e. The van der Waals surface area contributed by atoms with Crippen molar-refractivity contribution in [3.05, 3.63) is 68.9 Å². The van der Waals surface area contributed by atoms with E-state index in [4.69, 9.17) is 30.2 Å². The number of aryl methyl sites for hydroxylation is 1. The van der Waals surface area contributed by atoms with Gasteiger partial charge in [0.15, 0.2) is 17.6 Å². The summed E-state index contributed by atoms with van der Waals surface area (Å²) in [7, 11) is 1.37. The summed E-state index contributed by atoms with van der Waals surface area (Å²) in [6.45, 7) is 3.22. The van der Waals surface area contributed by atoms with Crippen LogP contribution in [0.4, 0.5) is 5.69 Å². The lowest BCUT2D eigenvalue weighted by molar-refractivity contribution is -0.385. The molecule has 0 aliphatic carbocycles. The third-order valence-corrected chi connectivity index (χ3v) is 4.15. The fourth-order valence-electron chi connectivity index (χ4n) is 2.47. The molecule has 3 rings (SSSR count).